The van der Waals surface area contributed by atoms with Gasteiger partial charge in [0.1, 0.15) is 23.0 Å². The molecule has 4 N–H and O–H groups in total. The van der Waals surface area contributed by atoms with Crippen molar-refractivity contribution in [1.29, 1.82) is 0 Å². The van der Waals surface area contributed by atoms with Crippen LogP contribution in [-0.2, 0) is 16.6 Å². The predicted octanol–water partition coefficient (Wildman–Crippen LogP) is 6.20. The molecule has 3 aromatic heterocycles. The summed E-state index contributed by atoms with van der Waals surface area (Å²) in [6.07, 6.45) is 0. The number of hydrogen-bond donors (Lipinski definition) is 4. The van der Waals surface area contributed by atoms with Gasteiger partial charge in [-0.05, 0) is 61.5 Å². The first kappa shape index (κ1) is 29.0. The summed E-state index contributed by atoms with van der Waals surface area (Å²) in [5.41, 5.74) is 3.34. The number of pyridine rings is 1. The van der Waals surface area contributed by atoms with Crippen molar-refractivity contribution >= 4 is 43.5 Å². The van der Waals surface area contributed by atoms with Crippen molar-refractivity contribution in [2.45, 2.75) is 13.5 Å². The number of aliphatic hydroxyl groups excluding tert-OH is 1. The number of halogens is 2. The Balaban J connectivity index is 1.61. The zero-order chi connectivity index (χ0) is 31.2. The lowest BCUT2D eigenvalue weighted by molar-refractivity contribution is 0.0964. The lowest BCUT2D eigenvalue weighted by Gasteiger charge is -2.14. The fourth-order valence-electron chi connectivity index (χ4n) is 5.08. The van der Waals surface area contributed by atoms with Crippen LogP contribution in [0.5, 0.6) is 0 Å². The number of anilines is 1. The molecule has 6 aromatic rings. The average Bonchev–Trinajstić information content (AvgIpc) is 3.63. The third kappa shape index (κ3) is 5.18. The minimum Gasteiger partial charge on any atom is -0.455 e. The van der Waals surface area contributed by atoms with E-state index >= 15 is 0 Å². The lowest BCUT2D eigenvalue weighted by Crippen LogP contribution is -2.18. The second kappa shape index (κ2) is 11.2. The first-order valence-corrected chi connectivity index (χ1v) is 15.3. The molecule has 3 aromatic carbocycles. The Labute approximate surface area is 250 Å². The molecule has 0 aliphatic heterocycles. The fourth-order valence-corrected chi connectivity index (χ4v) is 5.73. The number of furan rings is 1. The van der Waals surface area contributed by atoms with Crippen molar-refractivity contribution in [1.82, 2.24) is 15.3 Å². The number of H-pyrrole nitrogens is 1. The van der Waals surface area contributed by atoms with Crippen LogP contribution in [-0.4, -0.2) is 42.2 Å². The molecular formula is C32H26F2N4O5S. The first-order chi connectivity index (χ1) is 21.1. The molecule has 44 heavy (non-hydrogen) atoms. The molecule has 6 rings (SSSR count). The van der Waals surface area contributed by atoms with Gasteiger partial charge >= 0.3 is 0 Å². The van der Waals surface area contributed by atoms with E-state index in [1.165, 1.54) is 50.4 Å². The lowest BCUT2D eigenvalue weighted by atomic mass is 10.00. The number of carbonyl (C=O) groups is 1. The number of aromatic nitrogens is 2. The van der Waals surface area contributed by atoms with Gasteiger partial charge < -0.3 is 19.8 Å². The van der Waals surface area contributed by atoms with Crippen LogP contribution < -0.4 is 10.0 Å². The zero-order valence-electron chi connectivity index (χ0n) is 23.5. The number of rotatable bonds is 8. The predicted molar refractivity (Wildman–Crippen MR) is 164 cm³/mol. The van der Waals surface area contributed by atoms with Crippen LogP contribution in [0.4, 0.5) is 14.5 Å². The molecule has 0 unspecified atom stereocenters. The molecule has 0 aliphatic rings. The van der Waals surface area contributed by atoms with E-state index in [1.807, 2.05) is 0 Å². The van der Waals surface area contributed by atoms with E-state index in [-0.39, 0.29) is 35.0 Å². The van der Waals surface area contributed by atoms with Gasteiger partial charge in [-0.25, -0.2) is 22.2 Å². The molecule has 0 spiro atoms. The van der Waals surface area contributed by atoms with Gasteiger partial charge in [-0.2, -0.15) is 0 Å². The Kier molecular flexibility index (Phi) is 7.39. The highest BCUT2D eigenvalue weighted by Crippen LogP contribution is 2.40. The summed E-state index contributed by atoms with van der Waals surface area (Å²) in [6.45, 7) is 1.13. The van der Waals surface area contributed by atoms with Crippen LogP contribution in [0, 0.1) is 11.6 Å². The van der Waals surface area contributed by atoms with Gasteiger partial charge in [-0.1, -0.05) is 12.1 Å². The minimum absolute atomic E-state index is 0.139. The molecule has 3 heterocycles. The van der Waals surface area contributed by atoms with E-state index in [0.717, 1.165) is 0 Å². The van der Waals surface area contributed by atoms with Crippen molar-refractivity contribution in [2.75, 3.05) is 17.5 Å². The number of aliphatic hydroxyl groups is 1. The summed E-state index contributed by atoms with van der Waals surface area (Å²) in [5.74, 6) is -1.40. The third-order valence-corrected chi connectivity index (χ3v) is 8.62. The molecule has 0 saturated carbocycles. The Bertz CT molecular complexity index is 2170. The van der Waals surface area contributed by atoms with Crippen molar-refractivity contribution in [3.63, 3.8) is 0 Å². The molecule has 0 fully saturated rings. The smallest absolute Gasteiger partial charge is 0.255 e. The van der Waals surface area contributed by atoms with Gasteiger partial charge in [0.15, 0.2) is 0 Å². The highest BCUT2D eigenvalue weighted by molar-refractivity contribution is 7.92. The van der Waals surface area contributed by atoms with Gasteiger partial charge in [0.05, 0.1) is 40.7 Å². The summed E-state index contributed by atoms with van der Waals surface area (Å²) in [6, 6.07) is 18.0. The quantitative estimate of drug-likeness (QED) is 0.161. The number of aromatic amines is 1. The maximum atomic E-state index is 14.5. The van der Waals surface area contributed by atoms with Crippen molar-refractivity contribution in [2.24, 2.45) is 0 Å². The molecule has 1 amide bonds. The maximum absolute atomic E-state index is 14.5. The molecule has 0 saturated heterocycles. The summed E-state index contributed by atoms with van der Waals surface area (Å²) >= 11 is 0. The monoisotopic (exact) mass is 616 g/mol. The van der Waals surface area contributed by atoms with Crippen molar-refractivity contribution in [3.8, 4) is 34.0 Å². The van der Waals surface area contributed by atoms with E-state index in [9.17, 15) is 27.1 Å². The van der Waals surface area contributed by atoms with Crippen LogP contribution in [0.1, 0.15) is 22.8 Å². The average molecular weight is 617 g/mol. The number of amides is 1. The fraction of sp³-hybridized carbons (Fsp3) is 0.125. The molecule has 0 aliphatic carbocycles. The van der Waals surface area contributed by atoms with Crippen molar-refractivity contribution in [3.05, 3.63) is 95.6 Å². The topological polar surface area (TPSA) is 137 Å². The highest BCUT2D eigenvalue weighted by Gasteiger charge is 2.25. The second-order valence-electron chi connectivity index (χ2n) is 10.0. The molecule has 0 radical (unpaired) electrons. The Hall–Kier alpha value is -5.07. The molecule has 224 valence electrons. The van der Waals surface area contributed by atoms with E-state index in [0.29, 0.717) is 50.1 Å². The van der Waals surface area contributed by atoms with Gasteiger partial charge in [-0.15, -0.1) is 0 Å². The third-order valence-electron chi connectivity index (χ3n) is 7.33. The van der Waals surface area contributed by atoms with Crippen LogP contribution in [0.2, 0.25) is 0 Å². The maximum Gasteiger partial charge on any atom is 0.255 e. The molecular weight excluding hydrogens is 590 g/mol. The van der Waals surface area contributed by atoms with E-state index in [2.05, 4.69) is 15.0 Å². The molecule has 0 atom stereocenters. The number of hydrogen-bond acceptors (Lipinski definition) is 6. The van der Waals surface area contributed by atoms with Crippen LogP contribution in [0.3, 0.4) is 0 Å². The number of carbonyl (C=O) groups excluding carboxylic acids is 1. The van der Waals surface area contributed by atoms with E-state index in [4.69, 9.17) is 9.40 Å². The normalized spacial score (nSPS) is 11.8. The molecule has 0 bridgehead atoms. The number of nitrogens with one attached hydrogen (secondary N) is 3. The number of sulfonamides is 1. The van der Waals surface area contributed by atoms with Crippen molar-refractivity contribution < 1.29 is 31.5 Å². The summed E-state index contributed by atoms with van der Waals surface area (Å²) < 4.78 is 62.4. The van der Waals surface area contributed by atoms with Gasteiger partial charge in [0.2, 0.25) is 10.0 Å². The Morgan fingerprint density at radius 2 is 1.80 bits per heavy atom. The summed E-state index contributed by atoms with van der Waals surface area (Å²) in [5, 5.41) is 13.4. The zero-order valence-corrected chi connectivity index (χ0v) is 24.4. The van der Waals surface area contributed by atoms with Crippen LogP contribution in [0.15, 0.2) is 77.2 Å². The number of benzene rings is 3. The molecule has 12 heteroatoms. The SMILES string of the molecule is CCS(=O)(=O)Nc1cc2oc(-c3ccc(F)cc3)c(C(=O)NC)c2cc1-c1ccc(CO)c(-c2cc3c(F)cccc3[nH]2)n1. The highest BCUT2D eigenvalue weighted by atomic mass is 32.2. The Morgan fingerprint density at radius 3 is 2.48 bits per heavy atom. The minimum atomic E-state index is -3.78. The van der Waals surface area contributed by atoms with E-state index in [1.54, 1.807) is 36.4 Å². The summed E-state index contributed by atoms with van der Waals surface area (Å²) in [7, 11) is -2.32. The van der Waals surface area contributed by atoms with Gasteiger partial charge in [0.25, 0.3) is 5.91 Å². The standard InChI is InChI=1S/C32H26F2N4O5S/c1-3-44(41,42)38-26-15-28-22(29(32(40)35-2)31(43-28)17-7-10-19(33)11-8-17)13-21(26)25-12-9-18(16-39)30(37-25)27-14-20-23(34)5-4-6-24(20)36-27/h4-15,36,38-39H,3,16H2,1-2H3,(H,35,40). The van der Waals surface area contributed by atoms with E-state index < -0.39 is 27.6 Å². The van der Waals surface area contributed by atoms with Crippen LogP contribution >= 0.6 is 0 Å². The second-order valence-corrected chi connectivity index (χ2v) is 12.0. The van der Waals surface area contributed by atoms with Gasteiger partial charge in [-0.3, -0.25) is 9.52 Å². The van der Waals surface area contributed by atoms with Gasteiger partial charge in [0, 0.05) is 46.1 Å². The first-order valence-electron chi connectivity index (χ1n) is 13.6. The largest absolute Gasteiger partial charge is 0.455 e. The summed E-state index contributed by atoms with van der Waals surface area (Å²) in [4.78, 5) is 21.1. The Morgan fingerprint density at radius 1 is 1.02 bits per heavy atom. The number of fused-ring (bicyclic) bond motifs is 2. The number of nitrogens with zero attached hydrogens (tertiary/aromatic N) is 1. The van der Waals surface area contributed by atoms with Crippen LogP contribution in [0.25, 0.3) is 55.8 Å². The molecule has 9 nitrogen and oxygen atoms in total.